The third-order valence-corrected chi connectivity index (χ3v) is 4.08. The summed E-state index contributed by atoms with van der Waals surface area (Å²) >= 11 is 7.51. The highest BCUT2D eigenvalue weighted by molar-refractivity contribution is 7.09. The van der Waals surface area contributed by atoms with Gasteiger partial charge in [0.25, 0.3) is 5.91 Å². The molecule has 0 bridgehead atoms. The fraction of sp³-hybridized carbons (Fsp3) is 0.231. The summed E-state index contributed by atoms with van der Waals surface area (Å²) in [5.74, 6) is -0.302. The van der Waals surface area contributed by atoms with Gasteiger partial charge in [-0.3, -0.25) is 4.79 Å². The van der Waals surface area contributed by atoms with Crippen molar-refractivity contribution < 1.29 is 4.79 Å². The first kappa shape index (κ1) is 13.8. The standard InChI is InChI=1S/C13H14ClN3OS/c1-13(2,12-16-6-7-19-12)17-11(18)10-8(14)4-3-5-9(10)15/h3-7H,15H2,1-2H3,(H,17,18). The number of carbonyl (C=O) groups excluding carboxylic acids is 1. The van der Waals surface area contributed by atoms with Gasteiger partial charge < -0.3 is 11.1 Å². The van der Waals surface area contributed by atoms with Crippen LogP contribution in [0.1, 0.15) is 29.2 Å². The van der Waals surface area contributed by atoms with Crippen LogP contribution >= 0.6 is 22.9 Å². The number of nitrogens with two attached hydrogens (primary N) is 1. The number of rotatable bonds is 3. The summed E-state index contributed by atoms with van der Waals surface area (Å²) in [5.41, 5.74) is 5.89. The Labute approximate surface area is 120 Å². The normalized spacial score (nSPS) is 11.3. The maximum absolute atomic E-state index is 12.3. The van der Waals surface area contributed by atoms with Crippen molar-refractivity contribution >= 4 is 34.5 Å². The topological polar surface area (TPSA) is 68.0 Å². The van der Waals surface area contributed by atoms with Gasteiger partial charge in [0.15, 0.2) is 0 Å². The molecule has 2 aromatic rings. The molecule has 0 saturated carbocycles. The van der Waals surface area contributed by atoms with Crippen molar-refractivity contribution in [3.63, 3.8) is 0 Å². The van der Waals surface area contributed by atoms with Crippen molar-refractivity contribution in [1.82, 2.24) is 10.3 Å². The maximum Gasteiger partial charge on any atom is 0.255 e. The molecule has 0 spiro atoms. The third-order valence-electron chi connectivity index (χ3n) is 2.67. The van der Waals surface area contributed by atoms with E-state index in [1.807, 2.05) is 19.2 Å². The second-order valence-electron chi connectivity index (χ2n) is 4.62. The van der Waals surface area contributed by atoms with Gasteiger partial charge in [-0.2, -0.15) is 0 Å². The predicted octanol–water partition coefficient (Wildman–Crippen LogP) is 3.04. The van der Waals surface area contributed by atoms with Crippen molar-refractivity contribution in [3.8, 4) is 0 Å². The van der Waals surface area contributed by atoms with Crippen LogP contribution in [-0.4, -0.2) is 10.9 Å². The molecule has 0 atom stereocenters. The molecule has 2 rings (SSSR count). The molecule has 1 aromatic carbocycles. The monoisotopic (exact) mass is 295 g/mol. The first-order chi connectivity index (χ1) is 8.92. The SMILES string of the molecule is CC(C)(NC(=O)c1c(N)cccc1Cl)c1nccs1. The zero-order chi connectivity index (χ0) is 14.0. The van der Waals surface area contributed by atoms with Gasteiger partial charge in [0, 0.05) is 17.3 Å². The van der Waals surface area contributed by atoms with Gasteiger partial charge in [0.05, 0.1) is 16.1 Å². The van der Waals surface area contributed by atoms with Gasteiger partial charge in [-0.05, 0) is 26.0 Å². The lowest BCUT2D eigenvalue weighted by atomic mass is 10.1. The van der Waals surface area contributed by atoms with Crippen LogP contribution in [0.15, 0.2) is 29.8 Å². The molecule has 1 amide bonds. The molecular weight excluding hydrogens is 282 g/mol. The highest BCUT2D eigenvalue weighted by Crippen LogP contribution is 2.26. The zero-order valence-electron chi connectivity index (χ0n) is 10.6. The number of amides is 1. The van der Waals surface area contributed by atoms with Crippen LogP contribution < -0.4 is 11.1 Å². The minimum Gasteiger partial charge on any atom is -0.398 e. The van der Waals surface area contributed by atoms with Crippen molar-refractivity contribution in [2.24, 2.45) is 0 Å². The minimum absolute atomic E-state index is 0.300. The summed E-state index contributed by atoms with van der Waals surface area (Å²) in [4.78, 5) is 16.5. The van der Waals surface area contributed by atoms with E-state index in [0.717, 1.165) is 5.01 Å². The minimum atomic E-state index is -0.573. The van der Waals surface area contributed by atoms with E-state index in [1.54, 1.807) is 24.4 Å². The number of hydrogen-bond acceptors (Lipinski definition) is 4. The third kappa shape index (κ3) is 2.88. The molecule has 0 unspecified atom stereocenters. The molecule has 100 valence electrons. The van der Waals surface area contributed by atoms with Crippen molar-refractivity contribution in [3.05, 3.63) is 45.4 Å². The van der Waals surface area contributed by atoms with E-state index in [9.17, 15) is 4.79 Å². The van der Waals surface area contributed by atoms with E-state index < -0.39 is 5.54 Å². The van der Waals surface area contributed by atoms with Gasteiger partial charge in [-0.25, -0.2) is 4.98 Å². The highest BCUT2D eigenvalue weighted by Gasteiger charge is 2.27. The summed E-state index contributed by atoms with van der Waals surface area (Å²) in [6, 6.07) is 5.00. The zero-order valence-corrected chi connectivity index (χ0v) is 12.2. The highest BCUT2D eigenvalue weighted by atomic mass is 35.5. The number of anilines is 1. The summed E-state index contributed by atoms with van der Waals surface area (Å²) in [6.07, 6.45) is 1.71. The molecule has 6 heteroatoms. The molecular formula is C13H14ClN3OS. The molecule has 0 aliphatic carbocycles. The van der Waals surface area contributed by atoms with E-state index >= 15 is 0 Å². The molecule has 0 saturated heterocycles. The summed E-state index contributed by atoms with van der Waals surface area (Å²) in [6.45, 7) is 3.77. The molecule has 4 nitrogen and oxygen atoms in total. The Balaban J connectivity index is 2.27. The summed E-state index contributed by atoms with van der Waals surface area (Å²) in [7, 11) is 0. The van der Waals surface area contributed by atoms with Gasteiger partial charge >= 0.3 is 0 Å². The molecule has 0 fully saturated rings. The van der Waals surface area contributed by atoms with Crippen LogP contribution in [0.3, 0.4) is 0 Å². The average molecular weight is 296 g/mol. The number of halogens is 1. The maximum atomic E-state index is 12.3. The molecule has 3 N–H and O–H groups in total. The Kier molecular flexibility index (Phi) is 3.78. The smallest absolute Gasteiger partial charge is 0.255 e. The number of hydrogen-bond donors (Lipinski definition) is 2. The van der Waals surface area contributed by atoms with Crippen LogP contribution in [0.4, 0.5) is 5.69 Å². The Morgan fingerprint density at radius 1 is 1.47 bits per heavy atom. The lowest BCUT2D eigenvalue weighted by Gasteiger charge is -2.24. The largest absolute Gasteiger partial charge is 0.398 e. The van der Waals surface area contributed by atoms with E-state index in [-0.39, 0.29) is 5.91 Å². The Morgan fingerprint density at radius 3 is 2.79 bits per heavy atom. The Bertz CT molecular complexity index is 576. The molecule has 1 heterocycles. The molecule has 0 radical (unpaired) electrons. The van der Waals surface area contributed by atoms with E-state index in [2.05, 4.69) is 10.3 Å². The molecule has 19 heavy (non-hydrogen) atoms. The molecule has 1 aromatic heterocycles. The second-order valence-corrected chi connectivity index (χ2v) is 5.92. The fourth-order valence-corrected chi connectivity index (χ4v) is 2.70. The van der Waals surface area contributed by atoms with Crippen LogP contribution in [0.2, 0.25) is 5.02 Å². The summed E-state index contributed by atoms with van der Waals surface area (Å²) < 4.78 is 0. The van der Waals surface area contributed by atoms with Crippen LogP contribution in [0, 0.1) is 0 Å². The lowest BCUT2D eigenvalue weighted by Crippen LogP contribution is -2.41. The number of nitrogen functional groups attached to an aromatic ring is 1. The van der Waals surface area contributed by atoms with Crippen molar-refractivity contribution in [1.29, 1.82) is 0 Å². The van der Waals surface area contributed by atoms with Gasteiger partial charge in [0.2, 0.25) is 0 Å². The average Bonchev–Trinajstić information content (AvgIpc) is 2.81. The molecule has 0 aliphatic heterocycles. The Morgan fingerprint density at radius 2 is 2.21 bits per heavy atom. The van der Waals surface area contributed by atoms with E-state index in [1.165, 1.54) is 11.3 Å². The number of carbonyl (C=O) groups is 1. The van der Waals surface area contributed by atoms with Crippen molar-refractivity contribution in [2.45, 2.75) is 19.4 Å². The van der Waals surface area contributed by atoms with Crippen LogP contribution in [-0.2, 0) is 5.54 Å². The number of benzene rings is 1. The van der Waals surface area contributed by atoms with E-state index in [0.29, 0.717) is 16.3 Å². The van der Waals surface area contributed by atoms with Gasteiger partial charge in [-0.1, -0.05) is 17.7 Å². The number of aromatic nitrogens is 1. The Hall–Kier alpha value is -1.59. The first-order valence-corrected chi connectivity index (χ1v) is 6.94. The lowest BCUT2D eigenvalue weighted by molar-refractivity contribution is 0.0913. The predicted molar refractivity (Wildman–Crippen MR) is 78.5 cm³/mol. The van der Waals surface area contributed by atoms with Gasteiger partial charge in [-0.15, -0.1) is 11.3 Å². The number of nitrogens with one attached hydrogen (secondary N) is 1. The van der Waals surface area contributed by atoms with Crippen molar-refractivity contribution in [2.75, 3.05) is 5.73 Å². The molecule has 0 aliphatic rings. The number of thiazole rings is 1. The number of nitrogens with zero attached hydrogens (tertiary/aromatic N) is 1. The van der Waals surface area contributed by atoms with Crippen LogP contribution in [0.25, 0.3) is 0 Å². The second kappa shape index (κ2) is 5.19. The van der Waals surface area contributed by atoms with Gasteiger partial charge in [0.1, 0.15) is 5.01 Å². The van der Waals surface area contributed by atoms with Crippen LogP contribution in [0.5, 0.6) is 0 Å². The fourth-order valence-electron chi connectivity index (χ4n) is 1.71. The van der Waals surface area contributed by atoms with E-state index in [4.69, 9.17) is 17.3 Å². The summed E-state index contributed by atoms with van der Waals surface area (Å²) in [5, 5.41) is 5.93. The first-order valence-electron chi connectivity index (χ1n) is 5.68. The quantitative estimate of drug-likeness (QED) is 0.855.